The average molecular weight is 387 g/mol. The molecule has 0 spiro atoms. The molecule has 1 saturated heterocycles. The molecule has 0 radical (unpaired) electrons. The first kappa shape index (κ1) is 17.2. The smallest absolute Gasteiger partial charge is 0.261 e. The second kappa shape index (κ2) is 7.89. The number of thiocarbonyl (C=S) groups is 1. The third-order valence-corrected chi connectivity index (χ3v) is 3.92. The normalized spacial score (nSPS) is 14.8. The Morgan fingerprint density at radius 1 is 1.41 bits per heavy atom. The van der Waals surface area contributed by atoms with Crippen LogP contribution in [0.4, 0.5) is 0 Å². The summed E-state index contributed by atoms with van der Waals surface area (Å²) in [6.07, 6.45) is -0.0149. The van der Waals surface area contributed by atoms with Crippen LogP contribution in [0.1, 0.15) is 24.2 Å². The van der Waals surface area contributed by atoms with Crippen LogP contribution in [0.2, 0.25) is 0 Å². The Kier molecular flexibility index (Phi) is 6.16. The molecule has 0 aliphatic carbocycles. The fraction of sp³-hybridized carbons (Fsp3) is 0.467. The number of benzene rings is 1. The number of ether oxygens (including phenoxy) is 2. The van der Waals surface area contributed by atoms with Crippen LogP contribution >= 0.6 is 28.1 Å². The van der Waals surface area contributed by atoms with E-state index in [0.29, 0.717) is 42.7 Å². The van der Waals surface area contributed by atoms with Gasteiger partial charge in [0.1, 0.15) is 5.75 Å². The van der Waals surface area contributed by atoms with Crippen molar-refractivity contribution < 1.29 is 14.3 Å². The molecule has 1 N–H and O–H groups in total. The van der Waals surface area contributed by atoms with E-state index >= 15 is 0 Å². The van der Waals surface area contributed by atoms with Crippen molar-refractivity contribution in [3.05, 3.63) is 28.2 Å². The first-order chi connectivity index (χ1) is 10.5. The Morgan fingerprint density at radius 3 is 2.73 bits per heavy atom. The Bertz CT molecular complexity index is 560. The molecule has 1 aliphatic heterocycles. The summed E-state index contributed by atoms with van der Waals surface area (Å²) in [5.74, 6) is 0.272. The Balaban J connectivity index is 2.10. The van der Waals surface area contributed by atoms with Gasteiger partial charge in [0, 0.05) is 17.6 Å². The highest BCUT2D eigenvalue weighted by molar-refractivity contribution is 9.10. The molecule has 1 heterocycles. The summed E-state index contributed by atoms with van der Waals surface area (Å²) in [5, 5.41) is 3.19. The number of halogens is 1. The Labute approximate surface area is 144 Å². The zero-order valence-electron chi connectivity index (χ0n) is 12.6. The minimum absolute atomic E-state index is 0.0149. The van der Waals surface area contributed by atoms with E-state index in [9.17, 15) is 4.79 Å². The number of morpholine rings is 1. The number of hydrogen-bond acceptors (Lipinski definition) is 4. The molecule has 120 valence electrons. The molecule has 2 rings (SSSR count). The summed E-state index contributed by atoms with van der Waals surface area (Å²) in [4.78, 5) is 14.4. The maximum Gasteiger partial charge on any atom is 0.261 e. The zero-order chi connectivity index (χ0) is 16.1. The van der Waals surface area contributed by atoms with Crippen LogP contribution in [-0.4, -0.2) is 48.3 Å². The Hall–Kier alpha value is -1.18. The molecular weight excluding hydrogens is 368 g/mol. The standard InChI is InChI=1S/C15H19BrN2O3S/c1-10(2)21-13-4-3-11(16)9-12(13)14(19)17-15(22)18-5-7-20-8-6-18/h3-4,9-10H,5-8H2,1-2H3,(H,17,19,22). The van der Waals surface area contributed by atoms with Crippen LogP contribution in [0.3, 0.4) is 0 Å². The molecule has 22 heavy (non-hydrogen) atoms. The highest BCUT2D eigenvalue weighted by atomic mass is 79.9. The second-order valence-electron chi connectivity index (χ2n) is 5.17. The van der Waals surface area contributed by atoms with Gasteiger partial charge in [0.05, 0.1) is 24.9 Å². The number of nitrogens with one attached hydrogen (secondary N) is 1. The number of nitrogens with zero attached hydrogens (tertiary/aromatic N) is 1. The van der Waals surface area contributed by atoms with Gasteiger partial charge in [-0.15, -0.1) is 0 Å². The maximum atomic E-state index is 12.5. The molecular formula is C15H19BrN2O3S. The van der Waals surface area contributed by atoms with Gasteiger partial charge in [-0.25, -0.2) is 0 Å². The third-order valence-electron chi connectivity index (χ3n) is 3.07. The molecule has 5 nitrogen and oxygen atoms in total. The van der Waals surface area contributed by atoms with Crippen molar-refractivity contribution in [3.8, 4) is 5.75 Å². The molecule has 7 heteroatoms. The summed E-state index contributed by atoms with van der Waals surface area (Å²) >= 11 is 8.68. The average Bonchev–Trinajstić information content (AvgIpc) is 2.49. The number of amides is 1. The van der Waals surface area contributed by atoms with Crippen LogP contribution in [0.15, 0.2) is 22.7 Å². The number of carbonyl (C=O) groups excluding carboxylic acids is 1. The van der Waals surface area contributed by atoms with E-state index in [1.54, 1.807) is 12.1 Å². The SMILES string of the molecule is CC(C)Oc1ccc(Br)cc1C(=O)NC(=S)N1CCOCC1. The summed E-state index contributed by atoms with van der Waals surface area (Å²) < 4.78 is 11.8. The predicted molar refractivity (Wildman–Crippen MR) is 92.4 cm³/mol. The predicted octanol–water partition coefficient (Wildman–Crippen LogP) is 2.58. The molecule has 1 aliphatic rings. The largest absolute Gasteiger partial charge is 0.490 e. The van der Waals surface area contributed by atoms with E-state index in [0.717, 1.165) is 4.47 Å². The minimum Gasteiger partial charge on any atom is -0.490 e. The number of hydrogen-bond donors (Lipinski definition) is 1. The van der Waals surface area contributed by atoms with Crippen LogP contribution < -0.4 is 10.1 Å². The van der Waals surface area contributed by atoms with Crippen molar-refractivity contribution in [1.82, 2.24) is 10.2 Å². The second-order valence-corrected chi connectivity index (χ2v) is 6.47. The topological polar surface area (TPSA) is 50.8 Å². The van der Waals surface area contributed by atoms with Gasteiger partial charge in [0.25, 0.3) is 5.91 Å². The molecule has 1 aromatic rings. The first-order valence-corrected chi connectivity index (χ1v) is 8.31. The van der Waals surface area contributed by atoms with Crippen molar-refractivity contribution in [2.45, 2.75) is 20.0 Å². The molecule has 1 aromatic carbocycles. The first-order valence-electron chi connectivity index (χ1n) is 7.11. The van der Waals surface area contributed by atoms with E-state index in [1.165, 1.54) is 0 Å². The highest BCUT2D eigenvalue weighted by Crippen LogP contribution is 2.24. The fourth-order valence-electron chi connectivity index (χ4n) is 2.05. The van der Waals surface area contributed by atoms with Crippen molar-refractivity contribution in [2.75, 3.05) is 26.3 Å². The lowest BCUT2D eigenvalue weighted by molar-refractivity contribution is 0.0668. The van der Waals surface area contributed by atoms with Crippen LogP contribution in [0.5, 0.6) is 5.75 Å². The van der Waals surface area contributed by atoms with E-state index in [4.69, 9.17) is 21.7 Å². The van der Waals surface area contributed by atoms with Crippen molar-refractivity contribution >= 4 is 39.2 Å². The van der Waals surface area contributed by atoms with Gasteiger partial charge in [-0.2, -0.15) is 0 Å². The van der Waals surface area contributed by atoms with Gasteiger partial charge >= 0.3 is 0 Å². The van der Waals surface area contributed by atoms with Crippen molar-refractivity contribution in [1.29, 1.82) is 0 Å². The molecule has 1 amide bonds. The lowest BCUT2D eigenvalue weighted by Crippen LogP contribution is -2.47. The van der Waals surface area contributed by atoms with Crippen molar-refractivity contribution in [2.24, 2.45) is 0 Å². The van der Waals surface area contributed by atoms with Crippen LogP contribution in [0, 0.1) is 0 Å². The van der Waals surface area contributed by atoms with E-state index in [-0.39, 0.29) is 12.0 Å². The minimum atomic E-state index is -0.270. The zero-order valence-corrected chi connectivity index (χ0v) is 15.0. The van der Waals surface area contributed by atoms with Gasteiger partial charge < -0.3 is 14.4 Å². The molecule has 0 saturated carbocycles. The van der Waals surface area contributed by atoms with Crippen LogP contribution in [0.25, 0.3) is 0 Å². The molecule has 0 bridgehead atoms. The quantitative estimate of drug-likeness (QED) is 0.809. The summed E-state index contributed by atoms with van der Waals surface area (Å²) in [6, 6.07) is 5.35. The number of rotatable bonds is 3. The van der Waals surface area contributed by atoms with Crippen molar-refractivity contribution in [3.63, 3.8) is 0 Å². The fourth-order valence-corrected chi connectivity index (χ4v) is 2.68. The van der Waals surface area contributed by atoms with Crippen LogP contribution in [-0.2, 0) is 4.74 Å². The molecule has 0 unspecified atom stereocenters. The molecule has 0 aromatic heterocycles. The maximum absolute atomic E-state index is 12.5. The highest BCUT2D eigenvalue weighted by Gasteiger charge is 2.19. The molecule has 1 fully saturated rings. The molecule has 0 atom stereocenters. The Morgan fingerprint density at radius 2 is 2.09 bits per heavy atom. The van der Waals surface area contributed by atoms with E-state index in [1.807, 2.05) is 24.8 Å². The van der Waals surface area contributed by atoms with Gasteiger partial charge in [-0.3, -0.25) is 10.1 Å². The summed E-state index contributed by atoms with van der Waals surface area (Å²) in [7, 11) is 0. The number of carbonyl (C=O) groups is 1. The van der Waals surface area contributed by atoms with E-state index < -0.39 is 0 Å². The monoisotopic (exact) mass is 386 g/mol. The summed E-state index contributed by atoms with van der Waals surface area (Å²) in [5.41, 5.74) is 0.457. The van der Waals surface area contributed by atoms with Gasteiger partial charge in [-0.05, 0) is 44.3 Å². The lowest BCUT2D eigenvalue weighted by atomic mass is 10.2. The van der Waals surface area contributed by atoms with Gasteiger partial charge in [0.15, 0.2) is 5.11 Å². The van der Waals surface area contributed by atoms with Gasteiger partial charge in [-0.1, -0.05) is 15.9 Å². The lowest BCUT2D eigenvalue weighted by Gasteiger charge is -2.29. The third kappa shape index (κ3) is 4.66. The van der Waals surface area contributed by atoms with Gasteiger partial charge in [0.2, 0.25) is 0 Å². The summed E-state index contributed by atoms with van der Waals surface area (Å²) in [6.45, 7) is 6.45. The van der Waals surface area contributed by atoms with E-state index in [2.05, 4.69) is 21.2 Å².